The van der Waals surface area contributed by atoms with Gasteiger partial charge in [0.15, 0.2) is 0 Å². The molecule has 1 fully saturated rings. The summed E-state index contributed by atoms with van der Waals surface area (Å²) in [5.74, 6) is 0.393. The molecule has 1 atom stereocenters. The van der Waals surface area contributed by atoms with Crippen molar-refractivity contribution in [2.75, 3.05) is 26.9 Å². The first kappa shape index (κ1) is 9.96. The van der Waals surface area contributed by atoms with Gasteiger partial charge >= 0.3 is 0 Å². The van der Waals surface area contributed by atoms with E-state index in [2.05, 4.69) is 0 Å². The van der Waals surface area contributed by atoms with Crippen LogP contribution in [0.2, 0.25) is 0 Å². The van der Waals surface area contributed by atoms with Crippen LogP contribution in [0.25, 0.3) is 0 Å². The van der Waals surface area contributed by atoms with Gasteiger partial charge in [0.2, 0.25) is 0 Å². The van der Waals surface area contributed by atoms with Gasteiger partial charge in [0.25, 0.3) is 0 Å². The molecule has 0 aromatic carbocycles. The molecule has 12 heavy (non-hydrogen) atoms. The molecule has 1 aliphatic rings. The second-order valence-corrected chi connectivity index (χ2v) is 3.45. The van der Waals surface area contributed by atoms with Crippen molar-refractivity contribution in [3.63, 3.8) is 0 Å². The summed E-state index contributed by atoms with van der Waals surface area (Å²) in [6.07, 6.45) is 2.21. The Morgan fingerprint density at radius 3 is 2.50 bits per heavy atom. The maximum Gasteiger partial charge on any atom is 0.114 e. The number of aliphatic hydroxyl groups is 1. The second-order valence-electron chi connectivity index (χ2n) is 3.45. The fraction of sp³-hybridized carbons (Fsp3) is 1.00. The molecule has 1 saturated carbocycles. The average Bonchev–Trinajstić information content (AvgIpc) is 2.84. The Morgan fingerprint density at radius 1 is 1.42 bits per heavy atom. The summed E-state index contributed by atoms with van der Waals surface area (Å²) < 4.78 is 10.2. The summed E-state index contributed by atoms with van der Waals surface area (Å²) in [5, 5.41) is 10.0. The Balaban J connectivity index is 2.34. The molecular weight excluding hydrogens is 156 g/mol. The van der Waals surface area contributed by atoms with Crippen LogP contribution in [-0.2, 0) is 9.47 Å². The molecule has 0 spiro atoms. The Labute approximate surface area is 73.7 Å². The molecule has 0 saturated heterocycles. The zero-order chi connectivity index (χ0) is 9.03. The molecule has 3 nitrogen and oxygen atoms in total. The Morgan fingerprint density at radius 2 is 2.08 bits per heavy atom. The van der Waals surface area contributed by atoms with E-state index < -0.39 is 5.60 Å². The lowest BCUT2D eigenvalue weighted by atomic mass is 10.0. The van der Waals surface area contributed by atoms with Crippen molar-refractivity contribution in [1.82, 2.24) is 0 Å². The zero-order valence-corrected chi connectivity index (χ0v) is 7.88. The first-order valence-corrected chi connectivity index (χ1v) is 4.52. The van der Waals surface area contributed by atoms with E-state index in [1.807, 2.05) is 6.92 Å². The third-order valence-corrected chi connectivity index (χ3v) is 2.29. The number of methoxy groups -OCH3 is 1. The summed E-state index contributed by atoms with van der Waals surface area (Å²) in [7, 11) is 1.61. The second kappa shape index (κ2) is 4.21. The Bertz CT molecular complexity index is 134. The highest BCUT2D eigenvalue weighted by Crippen LogP contribution is 2.39. The lowest BCUT2D eigenvalue weighted by molar-refractivity contribution is -0.0986. The predicted molar refractivity (Wildman–Crippen MR) is 46.0 cm³/mol. The van der Waals surface area contributed by atoms with Gasteiger partial charge in [-0.05, 0) is 25.7 Å². The molecule has 0 bridgehead atoms. The first-order valence-electron chi connectivity index (χ1n) is 4.52. The van der Waals surface area contributed by atoms with Gasteiger partial charge < -0.3 is 14.6 Å². The molecule has 0 amide bonds. The molecule has 0 radical (unpaired) electrons. The Kier molecular flexibility index (Phi) is 3.50. The Hall–Kier alpha value is -0.120. The zero-order valence-electron chi connectivity index (χ0n) is 7.88. The summed E-state index contributed by atoms with van der Waals surface area (Å²) in [6.45, 7) is 3.37. The van der Waals surface area contributed by atoms with Crippen molar-refractivity contribution in [3.05, 3.63) is 0 Å². The van der Waals surface area contributed by atoms with E-state index in [-0.39, 0.29) is 0 Å². The molecule has 0 aliphatic heterocycles. The molecular formula is C9H18O3. The fourth-order valence-electron chi connectivity index (χ4n) is 1.43. The molecule has 0 aromatic rings. The van der Waals surface area contributed by atoms with Crippen molar-refractivity contribution in [2.24, 2.45) is 5.92 Å². The molecule has 72 valence electrons. The normalized spacial score (nSPS) is 22.2. The molecule has 1 N–H and O–H groups in total. The standard InChI is InChI=1S/C9H18O3/c1-3-12-7-9(10,6-11-2)8-4-5-8/h8,10H,3-7H2,1-2H3. The molecule has 1 rings (SSSR count). The van der Waals surface area contributed by atoms with E-state index in [1.165, 1.54) is 0 Å². The van der Waals surface area contributed by atoms with Gasteiger partial charge in [0.05, 0.1) is 13.2 Å². The van der Waals surface area contributed by atoms with E-state index in [4.69, 9.17) is 9.47 Å². The summed E-state index contributed by atoms with van der Waals surface area (Å²) in [4.78, 5) is 0. The SMILES string of the molecule is CCOCC(O)(COC)C1CC1. The quantitative estimate of drug-likeness (QED) is 0.647. The summed E-state index contributed by atoms with van der Waals surface area (Å²) in [6, 6.07) is 0. The van der Waals surface area contributed by atoms with Crippen LogP contribution in [0.5, 0.6) is 0 Å². The number of rotatable bonds is 6. The van der Waals surface area contributed by atoms with Crippen LogP contribution >= 0.6 is 0 Å². The van der Waals surface area contributed by atoms with Crippen LogP contribution in [0, 0.1) is 5.92 Å². The smallest absolute Gasteiger partial charge is 0.114 e. The first-order chi connectivity index (χ1) is 5.73. The van der Waals surface area contributed by atoms with E-state index >= 15 is 0 Å². The van der Waals surface area contributed by atoms with Gasteiger partial charge in [0.1, 0.15) is 5.60 Å². The van der Waals surface area contributed by atoms with Gasteiger partial charge in [0, 0.05) is 13.7 Å². The lowest BCUT2D eigenvalue weighted by Crippen LogP contribution is -2.41. The minimum atomic E-state index is -0.731. The maximum atomic E-state index is 10.0. The number of hydrogen-bond donors (Lipinski definition) is 1. The fourth-order valence-corrected chi connectivity index (χ4v) is 1.43. The lowest BCUT2D eigenvalue weighted by Gasteiger charge is -2.26. The highest BCUT2D eigenvalue weighted by atomic mass is 16.5. The van der Waals surface area contributed by atoms with Crippen molar-refractivity contribution in [1.29, 1.82) is 0 Å². The number of ether oxygens (including phenoxy) is 2. The molecule has 1 aliphatic carbocycles. The van der Waals surface area contributed by atoms with E-state index in [0.717, 1.165) is 12.8 Å². The topological polar surface area (TPSA) is 38.7 Å². The van der Waals surface area contributed by atoms with Gasteiger partial charge in [-0.15, -0.1) is 0 Å². The monoisotopic (exact) mass is 174 g/mol. The summed E-state index contributed by atoms with van der Waals surface area (Å²) in [5.41, 5.74) is -0.731. The third kappa shape index (κ3) is 2.44. The van der Waals surface area contributed by atoms with Crippen molar-refractivity contribution in [3.8, 4) is 0 Å². The van der Waals surface area contributed by atoms with Crippen LogP contribution in [0.4, 0.5) is 0 Å². The largest absolute Gasteiger partial charge is 0.385 e. The van der Waals surface area contributed by atoms with Crippen LogP contribution in [0.15, 0.2) is 0 Å². The highest BCUT2D eigenvalue weighted by molar-refractivity contribution is 4.94. The van der Waals surface area contributed by atoms with Crippen molar-refractivity contribution in [2.45, 2.75) is 25.4 Å². The van der Waals surface area contributed by atoms with Crippen LogP contribution in [0.1, 0.15) is 19.8 Å². The van der Waals surface area contributed by atoms with Gasteiger partial charge in [-0.25, -0.2) is 0 Å². The van der Waals surface area contributed by atoms with E-state index in [0.29, 0.717) is 25.7 Å². The van der Waals surface area contributed by atoms with Crippen LogP contribution in [-0.4, -0.2) is 37.6 Å². The minimum absolute atomic E-state index is 0.387. The summed E-state index contributed by atoms with van der Waals surface area (Å²) >= 11 is 0. The molecule has 0 aromatic heterocycles. The highest BCUT2D eigenvalue weighted by Gasteiger charge is 2.43. The van der Waals surface area contributed by atoms with E-state index in [1.54, 1.807) is 7.11 Å². The predicted octanol–water partition coefficient (Wildman–Crippen LogP) is 0.810. The number of hydrogen-bond acceptors (Lipinski definition) is 3. The molecule has 0 heterocycles. The van der Waals surface area contributed by atoms with Gasteiger partial charge in [-0.3, -0.25) is 0 Å². The van der Waals surface area contributed by atoms with E-state index in [9.17, 15) is 5.11 Å². The van der Waals surface area contributed by atoms with Crippen LogP contribution in [0.3, 0.4) is 0 Å². The van der Waals surface area contributed by atoms with Crippen LogP contribution < -0.4 is 0 Å². The van der Waals surface area contributed by atoms with Gasteiger partial charge in [-0.2, -0.15) is 0 Å². The minimum Gasteiger partial charge on any atom is -0.385 e. The molecule has 3 heteroatoms. The third-order valence-electron chi connectivity index (χ3n) is 2.29. The van der Waals surface area contributed by atoms with Crippen molar-refractivity contribution >= 4 is 0 Å². The van der Waals surface area contributed by atoms with Gasteiger partial charge in [-0.1, -0.05) is 0 Å². The maximum absolute atomic E-state index is 10.0. The van der Waals surface area contributed by atoms with Crippen molar-refractivity contribution < 1.29 is 14.6 Å². The molecule has 1 unspecified atom stereocenters. The average molecular weight is 174 g/mol.